The van der Waals surface area contributed by atoms with E-state index in [9.17, 15) is 9.59 Å². The first-order valence-electron chi connectivity index (χ1n) is 7.61. The van der Waals surface area contributed by atoms with Crippen LogP contribution < -0.4 is 9.47 Å². The van der Waals surface area contributed by atoms with Gasteiger partial charge in [-0.2, -0.15) is 0 Å². The molecule has 1 amide bonds. The highest BCUT2D eigenvalue weighted by Crippen LogP contribution is 2.37. The Bertz CT molecular complexity index is 836. The lowest BCUT2D eigenvalue weighted by Crippen LogP contribution is -2.48. The standard InChI is InChI=1S/C16H14N2O6S/c19-15(18-3-4-22-12(7-18)16(20)21)13-6-17-14(25-13)9-1-2-10-11(5-9)24-8-23-10/h1-2,5-6,12H,3-4,7-8H2,(H,20,21)/t12-/m1/s1. The summed E-state index contributed by atoms with van der Waals surface area (Å²) in [6.07, 6.45) is 0.525. The van der Waals surface area contributed by atoms with E-state index < -0.39 is 12.1 Å². The van der Waals surface area contributed by atoms with Gasteiger partial charge in [0, 0.05) is 12.1 Å². The molecule has 0 aliphatic carbocycles. The minimum atomic E-state index is -1.07. The number of carbonyl (C=O) groups excluding carboxylic acids is 1. The zero-order valence-electron chi connectivity index (χ0n) is 13.0. The van der Waals surface area contributed by atoms with Gasteiger partial charge < -0.3 is 24.2 Å². The first-order valence-corrected chi connectivity index (χ1v) is 8.43. The number of carbonyl (C=O) groups is 2. The third-order valence-electron chi connectivity index (χ3n) is 3.97. The van der Waals surface area contributed by atoms with Crippen molar-refractivity contribution >= 4 is 23.2 Å². The molecule has 130 valence electrons. The average Bonchev–Trinajstić information content (AvgIpc) is 3.29. The minimum Gasteiger partial charge on any atom is -0.479 e. The number of hydrogen-bond donors (Lipinski definition) is 1. The van der Waals surface area contributed by atoms with Crippen LogP contribution in [0.15, 0.2) is 24.4 Å². The maximum Gasteiger partial charge on any atom is 0.334 e. The van der Waals surface area contributed by atoms with Crippen LogP contribution in [0.1, 0.15) is 9.67 Å². The lowest BCUT2D eigenvalue weighted by atomic mass is 10.2. The van der Waals surface area contributed by atoms with E-state index in [1.807, 2.05) is 12.1 Å². The zero-order valence-corrected chi connectivity index (χ0v) is 13.8. The van der Waals surface area contributed by atoms with Gasteiger partial charge >= 0.3 is 5.97 Å². The number of carboxylic acid groups (broad SMARTS) is 1. The number of benzene rings is 1. The third kappa shape index (κ3) is 3.03. The monoisotopic (exact) mass is 362 g/mol. The van der Waals surface area contributed by atoms with Gasteiger partial charge in [-0.1, -0.05) is 0 Å². The second-order valence-corrected chi connectivity index (χ2v) is 6.58. The number of ether oxygens (including phenoxy) is 3. The molecule has 4 rings (SSSR count). The van der Waals surface area contributed by atoms with Crippen molar-refractivity contribution in [3.8, 4) is 22.1 Å². The number of amides is 1. The smallest absolute Gasteiger partial charge is 0.334 e. The molecule has 0 bridgehead atoms. The molecule has 9 heteroatoms. The second kappa shape index (κ2) is 6.34. The molecule has 2 aliphatic rings. The van der Waals surface area contributed by atoms with Crippen LogP contribution in [-0.4, -0.2) is 59.5 Å². The number of rotatable bonds is 3. The molecule has 25 heavy (non-hydrogen) atoms. The third-order valence-corrected chi connectivity index (χ3v) is 5.00. The Labute approximate surface area is 146 Å². The van der Waals surface area contributed by atoms with Gasteiger partial charge in [0.15, 0.2) is 17.6 Å². The maximum absolute atomic E-state index is 12.6. The Morgan fingerprint density at radius 1 is 1.28 bits per heavy atom. The summed E-state index contributed by atoms with van der Waals surface area (Å²) in [7, 11) is 0. The Morgan fingerprint density at radius 2 is 2.12 bits per heavy atom. The van der Waals surface area contributed by atoms with E-state index in [1.165, 1.54) is 22.4 Å². The van der Waals surface area contributed by atoms with Gasteiger partial charge in [0.2, 0.25) is 6.79 Å². The summed E-state index contributed by atoms with van der Waals surface area (Å²) in [6, 6.07) is 5.49. The van der Waals surface area contributed by atoms with Crippen molar-refractivity contribution in [3.05, 3.63) is 29.3 Å². The van der Waals surface area contributed by atoms with E-state index >= 15 is 0 Å². The van der Waals surface area contributed by atoms with Gasteiger partial charge in [0.05, 0.1) is 19.3 Å². The number of carboxylic acids is 1. The normalized spacial score (nSPS) is 19.0. The summed E-state index contributed by atoms with van der Waals surface area (Å²) in [6.45, 7) is 0.796. The number of aromatic nitrogens is 1. The van der Waals surface area contributed by atoms with Crippen LogP contribution in [-0.2, 0) is 9.53 Å². The van der Waals surface area contributed by atoms with E-state index in [0.29, 0.717) is 27.9 Å². The van der Waals surface area contributed by atoms with Crippen LogP contribution in [0.4, 0.5) is 0 Å². The highest BCUT2D eigenvalue weighted by atomic mass is 32.1. The van der Waals surface area contributed by atoms with Crippen LogP contribution in [0.5, 0.6) is 11.5 Å². The van der Waals surface area contributed by atoms with Crippen LogP contribution in [0.3, 0.4) is 0 Å². The number of hydrogen-bond acceptors (Lipinski definition) is 7. The van der Waals surface area contributed by atoms with E-state index in [4.69, 9.17) is 19.3 Å². The van der Waals surface area contributed by atoms with Crippen LogP contribution in [0.25, 0.3) is 10.6 Å². The van der Waals surface area contributed by atoms with Crippen molar-refractivity contribution in [2.24, 2.45) is 0 Å². The summed E-state index contributed by atoms with van der Waals surface area (Å²) >= 11 is 1.26. The van der Waals surface area contributed by atoms with Gasteiger partial charge in [-0.15, -0.1) is 11.3 Å². The molecule has 1 fully saturated rings. The Balaban J connectivity index is 1.52. The first kappa shape index (κ1) is 15.9. The number of aliphatic carboxylic acids is 1. The van der Waals surface area contributed by atoms with E-state index in [1.54, 1.807) is 6.07 Å². The number of morpholine rings is 1. The summed E-state index contributed by atoms with van der Waals surface area (Å²) in [5, 5.41) is 9.73. The highest BCUT2D eigenvalue weighted by molar-refractivity contribution is 7.16. The molecule has 1 N–H and O–H groups in total. The van der Waals surface area contributed by atoms with Crippen molar-refractivity contribution < 1.29 is 28.9 Å². The summed E-state index contributed by atoms with van der Waals surface area (Å²) in [5.74, 6) is 0.0320. The maximum atomic E-state index is 12.6. The summed E-state index contributed by atoms with van der Waals surface area (Å²) < 4.78 is 15.8. The van der Waals surface area contributed by atoms with Crippen molar-refractivity contribution in [3.63, 3.8) is 0 Å². The van der Waals surface area contributed by atoms with Crippen molar-refractivity contribution in [1.82, 2.24) is 9.88 Å². The van der Waals surface area contributed by atoms with Crippen molar-refractivity contribution in [2.75, 3.05) is 26.5 Å². The molecule has 2 aliphatic heterocycles. The number of nitrogens with zero attached hydrogens (tertiary/aromatic N) is 2. The fourth-order valence-electron chi connectivity index (χ4n) is 2.68. The Hall–Kier alpha value is -2.65. The lowest BCUT2D eigenvalue weighted by Gasteiger charge is -2.30. The molecule has 0 saturated carbocycles. The van der Waals surface area contributed by atoms with Gasteiger partial charge in [-0.05, 0) is 18.2 Å². The fourth-order valence-corrected chi connectivity index (χ4v) is 3.56. The molecular weight excluding hydrogens is 348 g/mol. The predicted molar refractivity (Wildman–Crippen MR) is 87.0 cm³/mol. The van der Waals surface area contributed by atoms with Crippen molar-refractivity contribution in [1.29, 1.82) is 0 Å². The zero-order chi connectivity index (χ0) is 17.4. The lowest BCUT2D eigenvalue weighted by molar-refractivity contribution is -0.154. The van der Waals surface area contributed by atoms with Gasteiger partial charge in [0.25, 0.3) is 5.91 Å². The highest BCUT2D eigenvalue weighted by Gasteiger charge is 2.30. The largest absolute Gasteiger partial charge is 0.479 e. The average molecular weight is 362 g/mol. The Kier molecular flexibility index (Phi) is 4.02. The van der Waals surface area contributed by atoms with E-state index in [0.717, 1.165) is 5.56 Å². The summed E-state index contributed by atoms with van der Waals surface area (Å²) in [5.41, 5.74) is 0.832. The molecule has 8 nitrogen and oxygen atoms in total. The number of thiazole rings is 1. The van der Waals surface area contributed by atoms with Crippen LogP contribution >= 0.6 is 11.3 Å². The predicted octanol–water partition coefficient (Wildman–Crippen LogP) is 1.46. The molecule has 1 saturated heterocycles. The molecule has 3 heterocycles. The molecule has 1 atom stereocenters. The van der Waals surface area contributed by atoms with E-state index in [-0.39, 0.29) is 25.9 Å². The van der Waals surface area contributed by atoms with Crippen LogP contribution in [0.2, 0.25) is 0 Å². The number of fused-ring (bicyclic) bond motifs is 1. The topological polar surface area (TPSA) is 98.2 Å². The fraction of sp³-hybridized carbons (Fsp3) is 0.312. The molecule has 2 aromatic rings. The molecule has 1 aromatic carbocycles. The molecule has 0 radical (unpaired) electrons. The van der Waals surface area contributed by atoms with E-state index in [2.05, 4.69) is 4.98 Å². The van der Waals surface area contributed by atoms with Gasteiger partial charge in [-0.25, -0.2) is 9.78 Å². The van der Waals surface area contributed by atoms with Crippen LogP contribution in [0, 0.1) is 0 Å². The molecular formula is C16H14N2O6S. The van der Waals surface area contributed by atoms with Gasteiger partial charge in [0.1, 0.15) is 9.88 Å². The SMILES string of the molecule is O=C(O)[C@H]1CN(C(=O)c2cnc(-c3ccc4c(c3)OCO4)s2)CCO1. The minimum absolute atomic E-state index is 0.0332. The molecule has 1 aromatic heterocycles. The van der Waals surface area contributed by atoms with Gasteiger partial charge in [-0.3, -0.25) is 4.79 Å². The Morgan fingerprint density at radius 3 is 2.96 bits per heavy atom. The van der Waals surface area contributed by atoms with Crippen molar-refractivity contribution in [2.45, 2.75) is 6.10 Å². The quantitative estimate of drug-likeness (QED) is 0.883. The molecule has 0 unspecified atom stereocenters. The molecule has 0 spiro atoms. The summed E-state index contributed by atoms with van der Waals surface area (Å²) in [4.78, 5) is 29.9. The first-order chi connectivity index (χ1) is 12.1. The second-order valence-electron chi connectivity index (χ2n) is 5.55.